The SMILES string of the molecule is CC(C)C[C@H](NC(=O)c1coc2ccccc2c1=O)C(=O)N[C@@H](CC(=O)O)C(=O)N[C@H](C(N)=O)[C@H](C)O. The number of nitrogens with two attached hydrogens (primary N) is 1. The van der Waals surface area contributed by atoms with E-state index in [0.717, 1.165) is 6.26 Å². The number of amides is 4. The van der Waals surface area contributed by atoms with Gasteiger partial charge in [-0.3, -0.25) is 28.8 Å². The normalized spacial score (nSPS) is 14.3. The number of carbonyl (C=O) groups is 5. The molecule has 1 aromatic carbocycles. The number of carbonyl (C=O) groups excluding carboxylic acids is 4. The second-order valence-corrected chi connectivity index (χ2v) is 8.92. The van der Waals surface area contributed by atoms with Crippen LogP contribution in [0.25, 0.3) is 11.0 Å². The minimum atomic E-state index is -1.66. The molecule has 13 heteroatoms. The number of rotatable bonds is 12. The lowest BCUT2D eigenvalue weighted by atomic mass is 10.0. The first-order valence-electron chi connectivity index (χ1n) is 11.4. The minimum absolute atomic E-state index is 0.0789. The predicted octanol–water partition coefficient (Wildman–Crippen LogP) is -0.752. The van der Waals surface area contributed by atoms with E-state index >= 15 is 0 Å². The minimum Gasteiger partial charge on any atom is -0.481 e. The van der Waals surface area contributed by atoms with Gasteiger partial charge in [-0.2, -0.15) is 0 Å². The zero-order valence-corrected chi connectivity index (χ0v) is 20.5. The number of primary amides is 1. The lowest BCUT2D eigenvalue weighted by Crippen LogP contribution is -2.59. The summed E-state index contributed by atoms with van der Waals surface area (Å²) in [6.45, 7) is 4.72. The summed E-state index contributed by atoms with van der Waals surface area (Å²) < 4.78 is 5.35. The van der Waals surface area contributed by atoms with Crippen LogP contribution in [0.1, 0.15) is 44.0 Å². The molecular weight excluding hydrogens is 488 g/mol. The number of carboxylic acid groups (broad SMARTS) is 1. The van der Waals surface area contributed by atoms with Crippen LogP contribution in [-0.4, -0.2) is 64.0 Å². The quantitative estimate of drug-likeness (QED) is 0.208. The average Bonchev–Trinajstić information content (AvgIpc) is 2.80. The first-order chi connectivity index (χ1) is 17.3. The van der Waals surface area contributed by atoms with Gasteiger partial charge in [-0.25, -0.2) is 0 Å². The van der Waals surface area contributed by atoms with Gasteiger partial charge in [-0.05, 0) is 31.4 Å². The Kier molecular flexibility index (Phi) is 9.89. The maximum atomic E-state index is 13.1. The van der Waals surface area contributed by atoms with Crippen LogP contribution in [-0.2, 0) is 19.2 Å². The molecule has 7 N–H and O–H groups in total. The molecule has 0 saturated heterocycles. The molecule has 0 aliphatic rings. The molecule has 37 heavy (non-hydrogen) atoms. The summed E-state index contributed by atoms with van der Waals surface area (Å²) in [5.74, 6) is -5.52. The molecule has 0 unspecified atom stereocenters. The second-order valence-electron chi connectivity index (χ2n) is 8.92. The van der Waals surface area contributed by atoms with E-state index in [1.54, 1.807) is 32.0 Å². The molecule has 2 aromatic rings. The van der Waals surface area contributed by atoms with E-state index in [4.69, 9.17) is 10.2 Å². The van der Waals surface area contributed by atoms with Crippen LogP contribution in [0.2, 0.25) is 0 Å². The van der Waals surface area contributed by atoms with Crippen molar-refractivity contribution >= 4 is 40.6 Å². The Morgan fingerprint density at radius 1 is 0.973 bits per heavy atom. The lowest BCUT2D eigenvalue weighted by Gasteiger charge is -2.25. The molecule has 2 rings (SSSR count). The molecule has 200 valence electrons. The average molecular weight is 519 g/mol. The summed E-state index contributed by atoms with van der Waals surface area (Å²) in [4.78, 5) is 74.2. The van der Waals surface area contributed by atoms with Gasteiger partial charge in [0.1, 0.15) is 35.5 Å². The van der Waals surface area contributed by atoms with Crippen molar-refractivity contribution in [3.05, 3.63) is 46.3 Å². The number of aliphatic carboxylic acids is 1. The highest BCUT2D eigenvalue weighted by Gasteiger charge is 2.32. The zero-order chi connectivity index (χ0) is 27.9. The Bertz CT molecular complexity index is 1240. The van der Waals surface area contributed by atoms with Crippen molar-refractivity contribution in [2.45, 2.75) is 57.8 Å². The van der Waals surface area contributed by atoms with E-state index < -0.39 is 65.7 Å². The number of carboxylic acids is 1. The van der Waals surface area contributed by atoms with Gasteiger partial charge in [0.25, 0.3) is 5.91 Å². The van der Waals surface area contributed by atoms with Crippen LogP contribution in [0.3, 0.4) is 0 Å². The number of benzene rings is 1. The molecule has 0 bridgehead atoms. The summed E-state index contributed by atoms with van der Waals surface area (Å²) >= 11 is 0. The maximum absolute atomic E-state index is 13.1. The molecule has 0 radical (unpaired) electrons. The van der Waals surface area contributed by atoms with Gasteiger partial charge >= 0.3 is 5.97 Å². The van der Waals surface area contributed by atoms with E-state index in [2.05, 4.69) is 16.0 Å². The Labute approximate surface area is 211 Å². The molecule has 4 amide bonds. The lowest BCUT2D eigenvalue weighted by molar-refractivity contribution is -0.141. The second kappa shape index (κ2) is 12.6. The first kappa shape index (κ1) is 29.0. The standard InChI is InChI=1S/C24H30N4O9/c1-11(2)8-15(26-22(34)14-10-37-17-7-5-4-6-13(17)20(14)32)23(35)27-16(9-18(30)31)24(36)28-19(12(3)29)21(25)33/h4-7,10-12,15-16,19,29H,8-9H2,1-3H3,(H2,25,33)(H,26,34)(H,27,35)(H,28,36)(H,30,31)/t12-,15-,16-,19-/m0/s1. The topological polar surface area (TPSA) is 218 Å². The Morgan fingerprint density at radius 2 is 1.59 bits per heavy atom. The van der Waals surface area contributed by atoms with Gasteiger partial charge in [-0.1, -0.05) is 26.0 Å². The van der Waals surface area contributed by atoms with Gasteiger partial charge < -0.3 is 36.3 Å². The molecule has 13 nitrogen and oxygen atoms in total. The summed E-state index contributed by atoms with van der Waals surface area (Å²) in [5, 5.41) is 25.8. The maximum Gasteiger partial charge on any atom is 0.305 e. The third-order valence-corrected chi connectivity index (χ3v) is 5.35. The first-order valence-corrected chi connectivity index (χ1v) is 11.4. The van der Waals surface area contributed by atoms with Crippen molar-refractivity contribution in [1.29, 1.82) is 0 Å². The molecule has 0 saturated carbocycles. The summed E-state index contributed by atoms with van der Waals surface area (Å²) in [6.07, 6.45) is -1.19. The highest BCUT2D eigenvalue weighted by molar-refractivity contribution is 6.00. The molecule has 1 heterocycles. The van der Waals surface area contributed by atoms with Crippen molar-refractivity contribution < 1.29 is 38.6 Å². The summed E-state index contributed by atoms with van der Waals surface area (Å²) in [7, 11) is 0. The Morgan fingerprint density at radius 3 is 2.16 bits per heavy atom. The van der Waals surface area contributed by atoms with Crippen molar-refractivity contribution in [3.63, 3.8) is 0 Å². The molecule has 0 spiro atoms. The Balaban J connectivity index is 2.27. The van der Waals surface area contributed by atoms with Crippen molar-refractivity contribution in [2.24, 2.45) is 11.7 Å². The van der Waals surface area contributed by atoms with E-state index in [1.807, 2.05) is 0 Å². The third kappa shape index (κ3) is 7.87. The van der Waals surface area contributed by atoms with Crippen LogP contribution in [0.4, 0.5) is 0 Å². The van der Waals surface area contributed by atoms with Gasteiger partial charge in [0.2, 0.25) is 23.2 Å². The highest BCUT2D eigenvalue weighted by atomic mass is 16.4. The van der Waals surface area contributed by atoms with Gasteiger partial charge in [0.15, 0.2) is 0 Å². The number of aliphatic hydroxyl groups is 1. The molecule has 0 aliphatic heterocycles. The smallest absolute Gasteiger partial charge is 0.305 e. The summed E-state index contributed by atoms with van der Waals surface area (Å²) in [6, 6.07) is 1.85. The van der Waals surface area contributed by atoms with E-state index in [0.29, 0.717) is 0 Å². The molecule has 0 fully saturated rings. The van der Waals surface area contributed by atoms with Crippen molar-refractivity contribution in [1.82, 2.24) is 16.0 Å². The highest BCUT2D eigenvalue weighted by Crippen LogP contribution is 2.12. The van der Waals surface area contributed by atoms with Crippen LogP contribution in [0.5, 0.6) is 0 Å². The van der Waals surface area contributed by atoms with Crippen LogP contribution >= 0.6 is 0 Å². The van der Waals surface area contributed by atoms with E-state index in [-0.39, 0.29) is 28.9 Å². The fourth-order valence-electron chi connectivity index (χ4n) is 3.51. The van der Waals surface area contributed by atoms with Gasteiger partial charge in [-0.15, -0.1) is 0 Å². The van der Waals surface area contributed by atoms with Crippen molar-refractivity contribution in [3.8, 4) is 0 Å². The van der Waals surface area contributed by atoms with Crippen LogP contribution < -0.4 is 27.1 Å². The van der Waals surface area contributed by atoms with Crippen LogP contribution in [0, 0.1) is 5.92 Å². The number of hydrogen-bond donors (Lipinski definition) is 6. The van der Waals surface area contributed by atoms with Gasteiger partial charge in [0, 0.05) is 0 Å². The Hall–Kier alpha value is -4.26. The van der Waals surface area contributed by atoms with Crippen molar-refractivity contribution in [2.75, 3.05) is 0 Å². The number of aliphatic hydroxyl groups excluding tert-OH is 1. The summed E-state index contributed by atoms with van der Waals surface area (Å²) in [5.41, 5.74) is 4.47. The number of nitrogens with one attached hydrogen (secondary N) is 3. The molecular formula is C24H30N4O9. The predicted molar refractivity (Wildman–Crippen MR) is 130 cm³/mol. The van der Waals surface area contributed by atoms with E-state index in [9.17, 15) is 39.0 Å². The van der Waals surface area contributed by atoms with Gasteiger partial charge in [0.05, 0.1) is 17.9 Å². The van der Waals surface area contributed by atoms with Crippen LogP contribution in [0.15, 0.2) is 39.7 Å². The monoisotopic (exact) mass is 518 g/mol. The molecule has 4 atom stereocenters. The third-order valence-electron chi connectivity index (χ3n) is 5.35. The number of para-hydroxylation sites is 1. The largest absolute Gasteiger partial charge is 0.481 e. The fraction of sp³-hybridized carbons (Fsp3) is 0.417. The number of hydrogen-bond acceptors (Lipinski definition) is 8. The fourth-order valence-corrected chi connectivity index (χ4v) is 3.51. The molecule has 1 aromatic heterocycles. The number of fused-ring (bicyclic) bond motifs is 1. The van der Waals surface area contributed by atoms with E-state index in [1.165, 1.54) is 13.0 Å². The molecule has 0 aliphatic carbocycles. The zero-order valence-electron chi connectivity index (χ0n) is 20.5.